The van der Waals surface area contributed by atoms with Crippen LogP contribution in [0.3, 0.4) is 0 Å². The molecule has 0 amide bonds. The molecule has 0 spiro atoms. The van der Waals surface area contributed by atoms with Crippen LogP contribution in [0.1, 0.15) is 30.6 Å². The van der Waals surface area contributed by atoms with Gasteiger partial charge in [-0.25, -0.2) is 4.79 Å². The van der Waals surface area contributed by atoms with Crippen molar-refractivity contribution in [1.29, 1.82) is 0 Å². The third-order valence-electron chi connectivity index (χ3n) is 2.42. The molecule has 0 fully saturated rings. The Hall–Kier alpha value is -1.49. The fourth-order valence-corrected chi connectivity index (χ4v) is 1.98. The summed E-state index contributed by atoms with van der Waals surface area (Å²) < 4.78 is 5.08. The van der Waals surface area contributed by atoms with E-state index >= 15 is 0 Å². The first kappa shape index (κ1) is 15.6. The Labute approximate surface area is 117 Å². The van der Waals surface area contributed by atoms with Crippen LogP contribution in [0.5, 0.6) is 0 Å². The molecule has 4 nitrogen and oxygen atoms in total. The summed E-state index contributed by atoms with van der Waals surface area (Å²) in [5.41, 5.74) is 0.240. The molecule has 5 heteroatoms. The molecule has 0 unspecified atom stereocenters. The van der Waals surface area contributed by atoms with E-state index in [2.05, 4.69) is 13.8 Å². The summed E-state index contributed by atoms with van der Waals surface area (Å²) >= 11 is 1.34. The molecule has 1 aromatic carbocycles. The summed E-state index contributed by atoms with van der Waals surface area (Å²) in [7, 11) is 0. The van der Waals surface area contributed by atoms with E-state index in [0.29, 0.717) is 12.5 Å². The van der Waals surface area contributed by atoms with Gasteiger partial charge in [0.15, 0.2) is 0 Å². The van der Waals surface area contributed by atoms with Crippen molar-refractivity contribution in [3.63, 3.8) is 0 Å². The molecule has 1 N–H and O–H groups in total. The molecule has 1 rings (SSSR count). The monoisotopic (exact) mass is 282 g/mol. The van der Waals surface area contributed by atoms with E-state index in [0.717, 1.165) is 11.3 Å². The van der Waals surface area contributed by atoms with Gasteiger partial charge in [-0.3, -0.25) is 4.79 Å². The Balaban J connectivity index is 2.32. The van der Waals surface area contributed by atoms with Crippen LogP contribution in [0.15, 0.2) is 29.2 Å². The molecule has 0 atom stereocenters. The second kappa shape index (κ2) is 7.84. The summed E-state index contributed by atoms with van der Waals surface area (Å²) in [5, 5.41) is 8.75. The molecule has 0 bridgehead atoms. The highest BCUT2D eigenvalue weighted by molar-refractivity contribution is 8.00. The van der Waals surface area contributed by atoms with Crippen molar-refractivity contribution in [1.82, 2.24) is 0 Å². The molecular weight excluding hydrogens is 264 g/mol. The van der Waals surface area contributed by atoms with E-state index in [4.69, 9.17) is 9.84 Å². The zero-order valence-corrected chi connectivity index (χ0v) is 11.9. The highest BCUT2D eigenvalue weighted by atomic mass is 32.2. The van der Waals surface area contributed by atoms with Gasteiger partial charge in [0, 0.05) is 4.90 Å². The van der Waals surface area contributed by atoms with Gasteiger partial charge in [0.2, 0.25) is 0 Å². The van der Waals surface area contributed by atoms with Crippen molar-refractivity contribution in [3.8, 4) is 0 Å². The standard InChI is InChI=1S/C14H18O4S/c1-10(2)7-8-18-13(15)9-19-12-5-3-11(4-6-12)14(16)17/h3-6,10H,7-9H2,1-2H3,(H,16,17). The van der Waals surface area contributed by atoms with E-state index in [1.807, 2.05) is 0 Å². The number of esters is 1. The molecule has 0 aliphatic heterocycles. The molecule has 0 aliphatic carbocycles. The van der Waals surface area contributed by atoms with Crippen LogP contribution < -0.4 is 0 Å². The van der Waals surface area contributed by atoms with Crippen LogP contribution in [-0.4, -0.2) is 29.4 Å². The Morgan fingerprint density at radius 1 is 1.26 bits per heavy atom. The number of ether oxygens (including phenoxy) is 1. The van der Waals surface area contributed by atoms with E-state index in [-0.39, 0.29) is 17.3 Å². The predicted octanol–water partition coefficient (Wildman–Crippen LogP) is 3.07. The number of aromatic carboxylic acids is 1. The minimum atomic E-state index is -0.954. The van der Waals surface area contributed by atoms with Crippen LogP contribution in [0, 0.1) is 5.92 Å². The summed E-state index contributed by atoms with van der Waals surface area (Å²) in [6.45, 7) is 4.61. The molecular formula is C14H18O4S. The van der Waals surface area contributed by atoms with Crippen molar-refractivity contribution < 1.29 is 19.4 Å². The van der Waals surface area contributed by atoms with Gasteiger partial charge < -0.3 is 9.84 Å². The number of thioether (sulfide) groups is 1. The van der Waals surface area contributed by atoms with E-state index in [1.165, 1.54) is 23.9 Å². The van der Waals surface area contributed by atoms with Gasteiger partial charge in [-0.15, -0.1) is 11.8 Å². The van der Waals surface area contributed by atoms with Crippen molar-refractivity contribution >= 4 is 23.7 Å². The van der Waals surface area contributed by atoms with Crippen LogP contribution in [-0.2, 0) is 9.53 Å². The Morgan fingerprint density at radius 3 is 2.42 bits per heavy atom. The number of hydrogen-bond acceptors (Lipinski definition) is 4. The Bertz CT molecular complexity index is 426. The number of carboxylic acids is 1. The molecule has 0 saturated carbocycles. The van der Waals surface area contributed by atoms with Gasteiger partial charge in [-0.2, -0.15) is 0 Å². The van der Waals surface area contributed by atoms with Gasteiger partial charge in [0.1, 0.15) is 0 Å². The lowest BCUT2D eigenvalue weighted by Gasteiger charge is -2.06. The molecule has 0 saturated heterocycles. The molecule has 0 aromatic heterocycles. The van der Waals surface area contributed by atoms with Gasteiger partial charge in [-0.05, 0) is 36.6 Å². The zero-order chi connectivity index (χ0) is 14.3. The lowest BCUT2D eigenvalue weighted by atomic mass is 10.1. The maximum Gasteiger partial charge on any atom is 0.335 e. The Kier molecular flexibility index (Phi) is 6.42. The van der Waals surface area contributed by atoms with E-state index in [9.17, 15) is 9.59 Å². The second-order valence-electron chi connectivity index (χ2n) is 4.52. The van der Waals surface area contributed by atoms with Crippen LogP contribution in [0.4, 0.5) is 0 Å². The number of carboxylic acid groups (broad SMARTS) is 1. The quantitative estimate of drug-likeness (QED) is 0.615. The summed E-state index contributed by atoms with van der Waals surface area (Å²) in [5.74, 6) is -0.438. The van der Waals surface area contributed by atoms with Crippen molar-refractivity contribution in [2.24, 2.45) is 5.92 Å². The minimum Gasteiger partial charge on any atom is -0.478 e. The molecule has 1 aromatic rings. The molecule has 104 valence electrons. The van der Waals surface area contributed by atoms with Crippen LogP contribution in [0.25, 0.3) is 0 Å². The third kappa shape index (κ3) is 6.29. The lowest BCUT2D eigenvalue weighted by Crippen LogP contribution is -2.09. The zero-order valence-electron chi connectivity index (χ0n) is 11.1. The molecule has 19 heavy (non-hydrogen) atoms. The van der Waals surface area contributed by atoms with Crippen molar-refractivity contribution in [3.05, 3.63) is 29.8 Å². The number of rotatable bonds is 7. The molecule has 0 aliphatic rings. The van der Waals surface area contributed by atoms with Gasteiger partial charge in [0.25, 0.3) is 0 Å². The summed E-state index contributed by atoms with van der Waals surface area (Å²) in [4.78, 5) is 23.0. The first-order chi connectivity index (χ1) is 8.99. The largest absolute Gasteiger partial charge is 0.478 e. The van der Waals surface area contributed by atoms with Crippen molar-refractivity contribution in [2.45, 2.75) is 25.2 Å². The summed E-state index contributed by atoms with van der Waals surface area (Å²) in [6, 6.07) is 6.43. The Morgan fingerprint density at radius 2 is 1.89 bits per heavy atom. The molecule has 0 heterocycles. The first-order valence-corrected chi connectivity index (χ1v) is 7.09. The van der Waals surface area contributed by atoms with Crippen LogP contribution >= 0.6 is 11.8 Å². The number of carbonyl (C=O) groups is 2. The maximum absolute atomic E-state index is 11.4. The normalized spacial score (nSPS) is 10.5. The predicted molar refractivity (Wildman–Crippen MR) is 74.5 cm³/mol. The number of carbonyl (C=O) groups excluding carboxylic acids is 1. The van der Waals surface area contributed by atoms with Crippen molar-refractivity contribution in [2.75, 3.05) is 12.4 Å². The number of benzene rings is 1. The fraction of sp³-hybridized carbons (Fsp3) is 0.429. The third-order valence-corrected chi connectivity index (χ3v) is 3.40. The van der Waals surface area contributed by atoms with Crippen LogP contribution in [0.2, 0.25) is 0 Å². The van der Waals surface area contributed by atoms with Gasteiger partial charge >= 0.3 is 11.9 Å². The maximum atomic E-state index is 11.4. The first-order valence-electron chi connectivity index (χ1n) is 6.11. The summed E-state index contributed by atoms with van der Waals surface area (Å²) in [6.07, 6.45) is 0.865. The van der Waals surface area contributed by atoms with E-state index in [1.54, 1.807) is 12.1 Å². The smallest absolute Gasteiger partial charge is 0.335 e. The molecule has 0 radical (unpaired) electrons. The SMILES string of the molecule is CC(C)CCOC(=O)CSc1ccc(C(=O)O)cc1. The number of hydrogen-bond donors (Lipinski definition) is 1. The van der Waals surface area contributed by atoms with Gasteiger partial charge in [-0.1, -0.05) is 13.8 Å². The van der Waals surface area contributed by atoms with E-state index < -0.39 is 5.97 Å². The average molecular weight is 282 g/mol. The van der Waals surface area contributed by atoms with Gasteiger partial charge in [0.05, 0.1) is 17.9 Å². The lowest BCUT2D eigenvalue weighted by molar-refractivity contribution is -0.140. The second-order valence-corrected chi connectivity index (χ2v) is 5.57. The topological polar surface area (TPSA) is 63.6 Å². The highest BCUT2D eigenvalue weighted by Crippen LogP contribution is 2.18. The highest BCUT2D eigenvalue weighted by Gasteiger charge is 2.06. The average Bonchev–Trinajstić information content (AvgIpc) is 2.36. The minimum absolute atomic E-state index is 0.240. The fourth-order valence-electron chi connectivity index (χ4n) is 1.29.